The van der Waals surface area contributed by atoms with Crippen LogP contribution < -0.4 is 5.32 Å². The Morgan fingerprint density at radius 2 is 2.33 bits per heavy atom. The first-order valence-electron chi connectivity index (χ1n) is 6.60. The summed E-state index contributed by atoms with van der Waals surface area (Å²) in [7, 11) is 0. The molecule has 18 heavy (non-hydrogen) atoms. The van der Waals surface area contributed by atoms with Crippen molar-refractivity contribution in [3.63, 3.8) is 0 Å². The molecule has 1 fully saturated rings. The molecule has 0 amide bonds. The van der Waals surface area contributed by atoms with Crippen molar-refractivity contribution in [2.75, 3.05) is 19.6 Å². The first-order chi connectivity index (χ1) is 8.72. The maximum absolute atomic E-state index is 13.8. The minimum Gasteiger partial charge on any atom is -0.315 e. The topological polar surface area (TPSA) is 15.3 Å². The zero-order valence-corrected chi connectivity index (χ0v) is 11.5. The molecule has 0 unspecified atom stereocenters. The predicted octanol–water partition coefficient (Wildman–Crippen LogP) is 3.05. The molecule has 4 heteroatoms. The van der Waals surface area contributed by atoms with Crippen molar-refractivity contribution < 1.29 is 4.39 Å². The van der Waals surface area contributed by atoms with E-state index in [0.29, 0.717) is 23.2 Å². The van der Waals surface area contributed by atoms with E-state index in [0.717, 1.165) is 32.5 Å². The molecule has 100 valence electrons. The summed E-state index contributed by atoms with van der Waals surface area (Å²) in [6.07, 6.45) is 2.20. The fourth-order valence-electron chi connectivity index (χ4n) is 2.52. The molecule has 1 aliphatic rings. The van der Waals surface area contributed by atoms with Gasteiger partial charge in [-0.2, -0.15) is 0 Å². The standard InChI is InChI=1S/C14H20ClFN2/c1-2-8-18(11-6-7-17-9-11)10-12-13(15)4-3-5-14(12)16/h3-5,11,17H,2,6-10H2,1H3/t11-/m0/s1. The third kappa shape index (κ3) is 3.22. The van der Waals surface area contributed by atoms with Crippen molar-refractivity contribution >= 4 is 11.6 Å². The minimum atomic E-state index is -0.199. The Kier molecular flexibility index (Phi) is 4.98. The summed E-state index contributed by atoms with van der Waals surface area (Å²) in [4.78, 5) is 2.34. The largest absolute Gasteiger partial charge is 0.315 e. The molecule has 1 aromatic rings. The van der Waals surface area contributed by atoms with Crippen molar-refractivity contribution in [3.05, 3.63) is 34.6 Å². The fraction of sp³-hybridized carbons (Fsp3) is 0.571. The molecule has 0 aromatic heterocycles. The van der Waals surface area contributed by atoms with Gasteiger partial charge < -0.3 is 5.32 Å². The lowest BCUT2D eigenvalue weighted by Gasteiger charge is -2.28. The van der Waals surface area contributed by atoms with Gasteiger partial charge in [0.25, 0.3) is 0 Å². The highest BCUT2D eigenvalue weighted by atomic mass is 35.5. The zero-order chi connectivity index (χ0) is 13.0. The Morgan fingerprint density at radius 3 is 2.94 bits per heavy atom. The highest BCUT2D eigenvalue weighted by Gasteiger charge is 2.23. The van der Waals surface area contributed by atoms with Gasteiger partial charge in [-0.15, -0.1) is 0 Å². The van der Waals surface area contributed by atoms with Gasteiger partial charge in [0.05, 0.1) is 0 Å². The van der Waals surface area contributed by atoms with E-state index in [9.17, 15) is 4.39 Å². The molecule has 0 spiro atoms. The number of hydrogen-bond donors (Lipinski definition) is 1. The molecule has 0 bridgehead atoms. The van der Waals surface area contributed by atoms with E-state index < -0.39 is 0 Å². The number of nitrogens with zero attached hydrogens (tertiary/aromatic N) is 1. The van der Waals surface area contributed by atoms with Gasteiger partial charge in [-0.3, -0.25) is 4.90 Å². The quantitative estimate of drug-likeness (QED) is 0.885. The van der Waals surface area contributed by atoms with Gasteiger partial charge in [0.1, 0.15) is 5.82 Å². The number of rotatable bonds is 5. The van der Waals surface area contributed by atoms with Gasteiger partial charge in [0, 0.05) is 29.7 Å². The van der Waals surface area contributed by atoms with Crippen molar-refractivity contribution in [2.45, 2.75) is 32.4 Å². The molecule has 1 atom stereocenters. The summed E-state index contributed by atoms with van der Waals surface area (Å²) in [5, 5.41) is 3.89. The van der Waals surface area contributed by atoms with E-state index in [4.69, 9.17) is 11.6 Å². The van der Waals surface area contributed by atoms with Gasteiger partial charge >= 0.3 is 0 Å². The van der Waals surface area contributed by atoms with Crippen LogP contribution in [0.25, 0.3) is 0 Å². The monoisotopic (exact) mass is 270 g/mol. The average Bonchev–Trinajstić information content (AvgIpc) is 2.86. The lowest BCUT2D eigenvalue weighted by molar-refractivity contribution is 0.197. The van der Waals surface area contributed by atoms with Crippen molar-refractivity contribution in [1.82, 2.24) is 10.2 Å². The van der Waals surface area contributed by atoms with E-state index in [1.807, 2.05) is 0 Å². The van der Waals surface area contributed by atoms with Gasteiger partial charge in [-0.05, 0) is 38.1 Å². The molecule has 0 saturated carbocycles. The molecular formula is C14H20ClFN2. The average molecular weight is 271 g/mol. The number of hydrogen-bond acceptors (Lipinski definition) is 2. The maximum Gasteiger partial charge on any atom is 0.129 e. The van der Waals surface area contributed by atoms with Crippen LogP contribution in [0, 0.1) is 5.82 Å². The van der Waals surface area contributed by atoms with Crippen molar-refractivity contribution in [2.24, 2.45) is 0 Å². The Balaban J connectivity index is 2.12. The lowest BCUT2D eigenvalue weighted by Crippen LogP contribution is -2.37. The first-order valence-corrected chi connectivity index (χ1v) is 6.97. The van der Waals surface area contributed by atoms with Crippen molar-refractivity contribution in [1.29, 1.82) is 0 Å². The number of nitrogens with one attached hydrogen (secondary N) is 1. The van der Waals surface area contributed by atoms with E-state index in [-0.39, 0.29) is 5.82 Å². The SMILES string of the molecule is CCCN(Cc1c(F)cccc1Cl)[C@H]1CCNC1. The van der Waals surface area contributed by atoms with Crippen LogP contribution >= 0.6 is 11.6 Å². The Morgan fingerprint density at radius 1 is 1.50 bits per heavy atom. The molecule has 1 aliphatic heterocycles. The molecule has 1 aromatic carbocycles. The molecule has 2 rings (SSSR count). The van der Waals surface area contributed by atoms with E-state index >= 15 is 0 Å². The number of benzene rings is 1. The van der Waals surface area contributed by atoms with Crippen LogP contribution in [0.15, 0.2) is 18.2 Å². The maximum atomic E-state index is 13.8. The second-order valence-corrected chi connectivity index (χ2v) is 5.22. The molecule has 1 heterocycles. The van der Waals surface area contributed by atoms with Crippen LogP contribution in [0.3, 0.4) is 0 Å². The Bertz CT molecular complexity index is 371. The Labute approximate surface area is 113 Å². The summed E-state index contributed by atoms with van der Waals surface area (Å²) in [6.45, 7) is 5.78. The van der Waals surface area contributed by atoms with Crippen LogP contribution in [-0.2, 0) is 6.54 Å². The number of halogens is 2. The van der Waals surface area contributed by atoms with Crippen LogP contribution in [0.5, 0.6) is 0 Å². The van der Waals surface area contributed by atoms with Gasteiger partial charge in [-0.1, -0.05) is 24.6 Å². The second kappa shape index (κ2) is 6.50. The molecule has 2 nitrogen and oxygen atoms in total. The molecule has 1 saturated heterocycles. The van der Waals surface area contributed by atoms with Crippen molar-refractivity contribution in [3.8, 4) is 0 Å². The van der Waals surface area contributed by atoms with Gasteiger partial charge in [0.15, 0.2) is 0 Å². The smallest absolute Gasteiger partial charge is 0.129 e. The van der Waals surface area contributed by atoms with Crippen LogP contribution in [0.4, 0.5) is 4.39 Å². The summed E-state index contributed by atoms with van der Waals surface area (Å²) < 4.78 is 13.8. The molecule has 0 aliphatic carbocycles. The lowest BCUT2D eigenvalue weighted by atomic mass is 10.1. The van der Waals surface area contributed by atoms with Crippen LogP contribution in [0.1, 0.15) is 25.3 Å². The zero-order valence-electron chi connectivity index (χ0n) is 10.8. The summed E-state index contributed by atoms with van der Waals surface area (Å²) in [5.41, 5.74) is 0.625. The summed E-state index contributed by atoms with van der Waals surface area (Å²) in [5.74, 6) is -0.199. The third-order valence-electron chi connectivity index (χ3n) is 3.48. The third-order valence-corrected chi connectivity index (χ3v) is 3.84. The first kappa shape index (κ1) is 13.8. The molecule has 1 N–H and O–H groups in total. The van der Waals surface area contributed by atoms with Crippen LogP contribution in [-0.4, -0.2) is 30.6 Å². The second-order valence-electron chi connectivity index (χ2n) is 4.82. The van der Waals surface area contributed by atoms with E-state index in [1.54, 1.807) is 12.1 Å². The van der Waals surface area contributed by atoms with Crippen LogP contribution in [0.2, 0.25) is 5.02 Å². The fourth-order valence-corrected chi connectivity index (χ4v) is 2.74. The molecular weight excluding hydrogens is 251 g/mol. The van der Waals surface area contributed by atoms with Gasteiger partial charge in [0.2, 0.25) is 0 Å². The Hall–Kier alpha value is -0.640. The minimum absolute atomic E-state index is 0.199. The predicted molar refractivity (Wildman–Crippen MR) is 73.4 cm³/mol. The highest BCUT2D eigenvalue weighted by molar-refractivity contribution is 6.31. The van der Waals surface area contributed by atoms with E-state index in [1.165, 1.54) is 6.07 Å². The highest BCUT2D eigenvalue weighted by Crippen LogP contribution is 2.23. The molecule has 0 radical (unpaired) electrons. The summed E-state index contributed by atoms with van der Waals surface area (Å²) in [6, 6.07) is 5.40. The van der Waals surface area contributed by atoms with E-state index in [2.05, 4.69) is 17.1 Å². The summed E-state index contributed by atoms with van der Waals surface area (Å²) >= 11 is 6.10. The van der Waals surface area contributed by atoms with Gasteiger partial charge in [-0.25, -0.2) is 4.39 Å². The normalized spacial score (nSPS) is 19.7.